The number of benzene rings is 2. The molecule has 29 heavy (non-hydrogen) atoms. The van der Waals surface area contributed by atoms with Crippen molar-refractivity contribution in [3.05, 3.63) is 65.7 Å². The molecule has 2 aromatic rings. The number of carbonyl (C=O) groups is 3. The molecule has 1 atom stereocenters. The first kappa shape index (κ1) is 20.3. The van der Waals surface area contributed by atoms with Crippen LogP contribution < -0.4 is 10.6 Å². The van der Waals surface area contributed by atoms with E-state index in [1.165, 1.54) is 13.3 Å². The monoisotopic (exact) mass is 410 g/mol. The fourth-order valence-electron chi connectivity index (χ4n) is 2.46. The molecule has 0 saturated carbocycles. The van der Waals surface area contributed by atoms with Crippen molar-refractivity contribution < 1.29 is 19.1 Å². The molecule has 0 aromatic heterocycles. The van der Waals surface area contributed by atoms with Crippen molar-refractivity contribution in [1.82, 2.24) is 5.32 Å². The van der Waals surface area contributed by atoms with Crippen molar-refractivity contribution in [1.29, 1.82) is 0 Å². The second kappa shape index (κ2) is 9.65. The third kappa shape index (κ3) is 5.76. The Morgan fingerprint density at radius 2 is 1.90 bits per heavy atom. The van der Waals surface area contributed by atoms with Crippen LogP contribution >= 0.6 is 11.8 Å². The molecule has 8 nitrogen and oxygen atoms in total. The molecule has 0 radical (unpaired) electrons. The molecule has 0 spiro atoms. The van der Waals surface area contributed by atoms with E-state index in [2.05, 4.69) is 25.6 Å². The molecule has 9 heteroatoms. The van der Waals surface area contributed by atoms with Gasteiger partial charge in [0.25, 0.3) is 0 Å². The highest BCUT2D eigenvalue weighted by Gasteiger charge is 2.32. The number of nitrogens with one attached hydrogen (secondary N) is 2. The molecule has 0 aliphatic carbocycles. The van der Waals surface area contributed by atoms with E-state index in [9.17, 15) is 14.4 Å². The summed E-state index contributed by atoms with van der Waals surface area (Å²) in [6.07, 6.45) is 1.53. The minimum absolute atomic E-state index is 0.0309. The summed E-state index contributed by atoms with van der Waals surface area (Å²) >= 11 is 1.16. The summed E-state index contributed by atoms with van der Waals surface area (Å²) in [5, 5.41) is 13.0. The van der Waals surface area contributed by atoms with E-state index in [1.54, 1.807) is 36.4 Å². The van der Waals surface area contributed by atoms with E-state index >= 15 is 0 Å². The zero-order valence-electron chi connectivity index (χ0n) is 15.5. The van der Waals surface area contributed by atoms with Gasteiger partial charge in [-0.2, -0.15) is 5.10 Å². The standard InChI is InChI=1S/C20H18N4O4S/c1-28-19(27)14-9-7-13(8-10-14)12-21-24-20-23-18(26)16(29-20)11-17(25)22-15-5-3-2-4-6-15/h2-10,12,16H,11H2,1H3,(H,22,25)(H,23,24,26)/b21-12-/t16-/m1/s1. The molecule has 1 heterocycles. The third-order valence-electron chi connectivity index (χ3n) is 3.89. The minimum Gasteiger partial charge on any atom is -0.465 e. The summed E-state index contributed by atoms with van der Waals surface area (Å²) in [5.41, 5.74) is 1.85. The molecule has 0 bridgehead atoms. The number of amides is 2. The quantitative estimate of drug-likeness (QED) is 0.432. The smallest absolute Gasteiger partial charge is 0.337 e. The molecular weight excluding hydrogens is 392 g/mol. The van der Waals surface area contributed by atoms with Gasteiger partial charge in [0, 0.05) is 12.1 Å². The topological polar surface area (TPSA) is 109 Å². The summed E-state index contributed by atoms with van der Waals surface area (Å²) < 4.78 is 4.64. The van der Waals surface area contributed by atoms with Crippen molar-refractivity contribution >= 4 is 46.6 Å². The van der Waals surface area contributed by atoms with Gasteiger partial charge >= 0.3 is 5.97 Å². The number of rotatable bonds is 6. The maximum atomic E-state index is 12.1. The largest absolute Gasteiger partial charge is 0.465 e. The Balaban J connectivity index is 1.54. The molecule has 0 unspecified atom stereocenters. The van der Waals surface area contributed by atoms with Crippen LogP contribution in [0.3, 0.4) is 0 Å². The maximum absolute atomic E-state index is 12.1. The highest BCUT2D eigenvalue weighted by Crippen LogP contribution is 2.23. The van der Waals surface area contributed by atoms with Crippen LogP contribution in [-0.4, -0.2) is 41.5 Å². The summed E-state index contributed by atoms with van der Waals surface area (Å²) in [5.74, 6) is -0.949. The average Bonchev–Trinajstić information content (AvgIpc) is 3.07. The Bertz CT molecular complexity index is 958. The number of carbonyl (C=O) groups excluding carboxylic acids is 3. The highest BCUT2D eigenvalue weighted by atomic mass is 32.2. The lowest BCUT2D eigenvalue weighted by molar-refractivity contribution is -0.122. The highest BCUT2D eigenvalue weighted by molar-refractivity contribution is 8.15. The number of nitrogens with zero attached hydrogens (tertiary/aromatic N) is 2. The zero-order valence-corrected chi connectivity index (χ0v) is 16.3. The molecular formula is C20H18N4O4S. The number of amidine groups is 1. The van der Waals surface area contributed by atoms with Gasteiger partial charge in [0.2, 0.25) is 11.8 Å². The van der Waals surface area contributed by atoms with Gasteiger partial charge in [0.05, 0.1) is 18.9 Å². The Morgan fingerprint density at radius 1 is 1.17 bits per heavy atom. The van der Waals surface area contributed by atoms with E-state index in [0.29, 0.717) is 16.4 Å². The van der Waals surface area contributed by atoms with Gasteiger partial charge in [0.15, 0.2) is 5.17 Å². The van der Waals surface area contributed by atoms with E-state index in [1.807, 2.05) is 18.2 Å². The Kier molecular flexibility index (Phi) is 6.75. The number of esters is 1. The van der Waals surface area contributed by atoms with Gasteiger partial charge in [-0.1, -0.05) is 42.1 Å². The summed E-state index contributed by atoms with van der Waals surface area (Å²) in [6.45, 7) is 0. The number of ether oxygens (including phenoxy) is 1. The Morgan fingerprint density at radius 3 is 2.59 bits per heavy atom. The fourth-order valence-corrected chi connectivity index (χ4v) is 3.38. The number of anilines is 1. The van der Waals surface area contributed by atoms with Gasteiger partial charge in [-0.05, 0) is 29.8 Å². The molecule has 1 aliphatic rings. The van der Waals surface area contributed by atoms with Crippen LogP contribution in [0, 0.1) is 0 Å². The first-order valence-corrected chi connectivity index (χ1v) is 9.55. The van der Waals surface area contributed by atoms with Crippen LogP contribution in [0.1, 0.15) is 22.3 Å². The molecule has 3 rings (SSSR count). The Hall–Kier alpha value is -3.46. The van der Waals surface area contributed by atoms with Crippen LogP contribution in [0.2, 0.25) is 0 Å². The van der Waals surface area contributed by atoms with Gasteiger partial charge in [-0.3, -0.25) is 9.59 Å². The van der Waals surface area contributed by atoms with E-state index in [4.69, 9.17) is 0 Å². The van der Waals surface area contributed by atoms with Gasteiger partial charge < -0.3 is 15.4 Å². The van der Waals surface area contributed by atoms with Gasteiger partial charge in [-0.15, -0.1) is 5.10 Å². The predicted octanol–water partition coefficient (Wildman–Crippen LogP) is 2.42. The zero-order chi connectivity index (χ0) is 20.6. The number of thioether (sulfide) groups is 1. The number of hydrogen-bond donors (Lipinski definition) is 2. The van der Waals surface area contributed by atoms with Crippen molar-refractivity contribution in [2.75, 3.05) is 12.4 Å². The molecule has 1 fully saturated rings. The van der Waals surface area contributed by atoms with E-state index in [0.717, 1.165) is 17.3 Å². The SMILES string of the molecule is COC(=O)c1ccc(/C=N\N=C2/NC(=O)[C@@H](CC(=O)Nc3ccccc3)S2)cc1. The van der Waals surface area contributed by atoms with Crippen molar-refractivity contribution in [2.45, 2.75) is 11.7 Å². The third-order valence-corrected chi connectivity index (χ3v) is 4.96. The van der Waals surface area contributed by atoms with Crippen LogP contribution in [0.4, 0.5) is 5.69 Å². The lowest BCUT2D eigenvalue weighted by atomic mass is 10.1. The van der Waals surface area contributed by atoms with E-state index < -0.39 is 11.2 Å². The number of para-hydroxylation sites is 1. The van der Waals surface area contributed by atoms with Crippen molar-refractivity contribution in [3.63, 3.8) is 0 Å². The second-order valence-corrected chi connectivity index (χ2v) is 7.17. The van der Waals surface area contributed by atoms with Crippen LogP contribution in [0.5, 0.6) is 0 Å². The second-order valence-electron chi connectivity index (χ2n) is 5.98. The maximum Gasteiger partial charge on any atom is 0.337 e. The lowest BCUT2D eigenvalue weighted by Gasteiger charge is -2.06. The van der Waals surface area contributed by atoms with Crippen molar-refractivity contribution in [3.8, 4) is 0 Å². The van der Waals surface area contributed by atoms with Crippen LogP contribution in [0.25, 0.3) is 0 Å². The molecule has 1 aliphatic heterocycles. The normalized spacial score (nSPS) is 17.3. The molecule has 2 N–H and O–H groups in total. The number of methoxy groups -OCH3 is 1. The molecule has 2 aromatic carbocycles. The fraction of sp³-hybridized carbons (Fsp3) is 0.150. The average molecular weight is 410 g/mol. The molecule has 1 saturated heterocycles. The lowest BCUT2D eigenvalue weighted by Crippen LogP contribution is -2.28. The van der Waals surface area contributed by atoms with Crippen LogP contribution in [-0.2, 0) is 14.3 Å². The summed E-state index contributed by atoms with van der Waals surface area (Å²) in [7, 11) is 1.32. The van der Waals surface area contributed by atoms with Crippen LogP contribution in [0.15, 0.2) is 64.8 Å². The first-order valence-electron chi connectivity index (χ1n) is 8.67. The van der Waals surface area contributed by atoms with E-state index in [-0.39, 0.29) is 18.2 Å². The molecule has 2 amide bonds. The minimum atomic E-state index is -0.563. The summed E-state index contributed by atoms with van der Waals surface area (Å²) in [4.78, 5) is 35.6. The Labute approximate surface area is 171 Å². The first-order chi connectivity index (χ1) is 14.0. The molecule has 148 valence electrons. The van der Waals surface area contributed by atoms with Gasteiger partial charge in [-0.25, -0.2) is 4.79 Å². The predicted molar refractivity (Wildman–Crippen MR) is 112 cm³/mol. The number of hydrogen-bond acceptors (Lipinski definition) is 7. The van der Waals surface area contributed by atoms with Gasteiger partial charge in [0.1, 0.15) is 5.25 Å². The summed E-state index contributed by atoms with van der Waals surface area (Å²) in [6, 6.07) is 15.7. The van der Waals surface area contributed by atoms with Crippen molar-refractivity contribution in [2.24, 2.45) is 10.2 Å².